The highest BCUT2D eigenvalue weighted by atomic mass is 16.5. The Balaban J connectivity index is 2.76. The molecular weight excluding hydrogens is 222 g/mol. The molecule has 0 heterocycles. The summed E-state index contributed by atoms with van der Waals surface area (Å²) in [5.74, 6) is 1.01. The number of hydrogen-bond donors (Lipinski definition) is 1. The third-order valence-corrected chi connectivity index (χ3v) is 3.18. The molecule has 18 heavy (non-hydrogen) atoms. The monoisotopic (exact) mass is 249 g/mol. The summed E-state index contributed by atoms with van der Waals surface area (Å²) in [6.45, 7) is 11.7. The molecule has 0 aromatic heterocycles. The van der Waals surface area contributed by atoms with Crippen molar-refractivity contribution in [2.24, 2.45) is 5.41 Å². The van der Waals surface area contributed by atoms with Crippen LogP contribution in [-0.4, -0.2) is 13.7 Å². The molecule has 1 aromatic rings. The van der Waals surface area contributed by atoms with Gasteiger partial charge >= 0.3 is 0 Å². The van der Waals surface area contributed by atoms with E-state index in [-0.39, 0.29) is 0 Å². The van der Waals surface area contributed by atoms with Crippen LogP contribution >= 0.6 is 0 Å². The van der Waals surface area contributed by atoms with Crippen LogP contribution in [0.25, 0.3) is 0 Å². The molecule has 0 fully saturated rings. The Kier molecular flexibility index (Phi) is 5.21. The summed E-state index contributed by atoms with van der Waals surface area (Å²) in [5, 5.41) is 3.27. The van der Waals surface area contributed by atoms with Crippen LogP contribution in [0.5, 0.6) is 5.75 Å². The average molecular weight is 249 g/mol. The van der Waals surface area contributed by atoms with Gasteiger partial charge in [0.05, 0.1) is 6.61 Å². The van der Waals surface area contributed by atoms with Crippen molar-refractivity contribution in [1.29, 1.82) is 0 Å². The minimum absolute atomic E-state index is 0.315. The molecule has 1 aromatic carbocycles. The molecule has 0 aliphatic carbocycles. The summed E-state index contributed by atoms with van der Waals surface area (Å²) in [7, 11) is 1.98. The third-order valence-electron chi connectivity index (χ3n) is 3.18. The lowest BCUT2D eigenvalue weighted by Gasteiger charge is -2.21. The van der Waals surface area contributed by atoms with Gasteiger partial charge in [-0.3, -0.25) is 0 Å². The number of ether oxygens (including phenoxy) is 1. The van der Waals surface area contributed by atoms with E-state index in [1.165, 1.54) is 11.1 Å². The predicted octanol–water partition coefficient (Wildman–Crippen LogP) is 4.09. The smallest absolute Gasteiger partial charge is 0.124 e. The van der Waals surface area contributed by atoms with Gasteiger partial charge in [0.25, 0.3) is 0 Å². The Morgan fingerprint density at radius 3 is 2.50 bits per heavy atom. The SMILES string of the molecule is CNC(C)c1ccc(C)cc1OCCC(C)(C)C. The molecule has 2 heteroatoms. The lowest BCUT2D eigenvalue weighted by Crippen LogP contribution is -2.15. The van der Waals surface area contributed by atoms with Crippen LogP contribution in [0.2, 0.25) is 0 Å². The van der Waals surface area contributed by atoms with Gasteiger partial charge in [0, 0.05) is 11.6 Å². The largest absolute Gasteiger partial charge is 0.493 e. The topological polar surface area (TPSA) is 21.3 Å². The van der Waals surface area contributed by atoms with Crippen molar-refractivity contribution in [2.45, 2.75) is 47.1 Å². The van der Waals surface area contributed by atoms with Crippen molar-refractivity contribution in [3.8, 4) is 5.75 Å². The number of rotatable bonds is 5. The van der Waals surface area contributed by atoms with Crippen molar-refractivity contribution in [3.05, 3.63) is 29.3 Å². The van der Waals surface area contributed by atoms with E-state index in [0.717, 1.165) is 18.8 Å². The molecular formula is C16H27NO. The predicted molar refractivity (Wildman–Crippen MR) is 78.2 cm³/mol. The summed E-state index contributed by atoms with van der Waals surface area (Å²) in [4.78, 5) is 0. The molecule has 0 aliphatic heterocycles. The van der Waals surface area contributed by atoms with E-state index in [9.17, 15) is 0 Å². The van der Waals surface area contributed by atoms with Crippen LogP contribution in [0.1, 0.15) is 51.3 Å². The quantitative estimate of drug-likeness (QED) is 0.848. The van der Waals surface area contributed by atoms with Crippen LogP contribution in [0.3, 0.4) is 0 Å². The van der Waals surface area contributed by atoms with Crippen molar-refractivity contribution < 1.29 is 4.74 Å². The Hall–Kier alpha value is -1.02. The zero-order chi connectivity index (χ0) is 13.8. The highest BCUT2D eigenvalue weighted by Crippen LogP contribution is 2.27. The maximum Gasteiger partial charge on any atom is 0.124 e. The van der Waals surface area contributed by atoms with Crippen molar-refractivity contribution >= 4 is 0 Å². The van der Waals surface area contributed by atoms with Gasteiger partial charge in [-0.05, 0) is 44.4 Å². The first-order chi connectivity index (χ1) is 8.33. The Morgan fingerprint density at radius 2 is 1.94 bits per heavy atom. The molecule has 102 valence electrons. The van der Waals surface area contributed by atoms with Gasteiger partial charge in [0.1, 0.15) is 5.75 Å². The maximum absolute atomic E-state index is 5.98. The number of benzene rings is 1. The molecule has 1 rings (SSSR count). The molecule has 0 aliphatic rings. The highest BCUT2D eigenvalue weighted by Gasteiger charge is 2.13. The Bertz CT molecular complexity index is 379. The van der Waals surface area contributed by atoms with Crippen LogP contribution < -0.4 is 10.1 Å². The third kappa shape index (κ3) is 4.69. The second kappa shape index (κ2) is 6.24. The fourth-order valence-electron chi connectivity index (χ4n) is 1.75. The van der Waals surface area contributed by atoms with E-state index in [1.54, 1.807) is 0 Å². The molecule has 1 N–H and O–H groups in total. The van der Waals surface area contributed by atoms with E-state index in [0.29, 0.717) is 11.5 Å². The molecule has 1 atom stereocenters. The number of aryl methyl sites for hydroxylation is 1. The normalized spacial score (nSPS) is 13.4. The standard InChI is InChI=1S/C16H27NO/c1-12-7-8-14(13(2)17-6)15(11-12)18-10-9-16(3,4)5/h7-8,11,13,17H,9-10H2,1-6H3. The zero-order valence-electron chi connectivity index (χ0n) is 12.6. The summed E-state index contributed by atoms with van der Waals surface area (Å²) < 4.78 is 5.98. The summed E-state index contributed by atoms with van der Waals surface area (Å²) >= 11 is 0. The summed E-state index contributed by atoms with van der Waals surface area (Å²) in [5.41, 5.74) is 2.79. The molecule has 0 radical (unpaired) electrons. The zero-order valence-corrected chi connectivity index (χ0v) is 12.6. The minimum Gasteiger partial charge on any atom is -0.493 e. The van der Waals surface area contributed by atoms with Gasteiger partial charge in [-0.25, -0.2) is 0 Å². The Labute approximate surface area is 112 Å². The fraction of sp³-hybridized carbons (Fsp3) is 0.625. The molecule has 0 saturated heterocycles. The van der Waals surface area contributed by atoms with Crippen molar-refractivity contribution in [1.82, 2.24) is 5.32 Å². The fourth-order valence-corrected chi connectivity index (χ4v) is 1.75. The lowest BCUT2D eigenvalue weighted by molar-refractivity contribution is 0.240. The highest BCUT2D eigenvalue weighted by molar-refractivity contribution is 5.39. The van der Waals surface area contributed by atoms with Gasteiger partial charge < -0.3 is 10.1 Å². The van der Waals surface area contributed by atoms with E-state index >= 15 is 0 Å². The van der Waals surface area contributed by atoms with Gasteiger partial charge in [0.2, 0.25) is 0 Å². The van der Waals surface area contributed by atoms with Gasteiger partial charge in [0.15, 0.2) is 0 Å². The van der Waals surface area contributed by atoms with Crippen LogP contribution in [0.15, 0.2) is 18.2 Å². The summed E-state index contributed by atoms with van der Waals surface area (Å²) in [6, 6.07) is 6.74. The van der Waals surface area contributed by atoms with Gasteiger partial charge in [-0.15, -0.1) is 0 Å². The van der Waals surface area contributed by atoms with Crippen LogP contribution in [0, 0.1) is 12.3 Å². The molecule has 2 nitrogen and oxygen atoms in total. The first-order valence-corrected chi connectivity index (χ1v) is 6.74. The molecule has 0 bridgehead atoms. The summed E-state index contributed by atoms with van der Waals surface area (Å²) in [6.07, 6.45) is 1.06. The Morgan fingerprint density at radius 1 is 1.28 bits per heavy atom. The van der Waals surface area contributed by atoms with E-state index < -0.39 is 0 Å². The van der Waals surface area contributed by atoms with Gasteiger partial charge in [-0.1, -0.05) is 32.9 Å². The number of nitrogens with one attached hydrogen (secondary N) is 1. The number of hydrogen-bond acceptors (Lipinski definition) is 2. The average Bonchev–Trinajstić information content (AvgIpc) is 2.26. The first-order valence-electron chi connectivity index (χ1n) is 6.74. The van der Waals surface area contributed by atoms with Crippen LogP contribution in [-0.2, 0) is 0 Å². The van der Waals surface area contributed by atoms with E-state index in [2.05, 4.69) is 58.1 Å². The first kappa shape index (κ1) is 15.0. The minimum atomic E-state index is 0.315. The molecule has 0 saturated carbocycles. The van der Waals surface area contributed by atoms with E-state index in [4.69, 9.17) is 4.74 Å². The van der Waals surface area contributed by atoms with Crippen molar-refractivity contribution in [2.75, 3.05) is 13.7 Å². The molecule has 0 amide bonds. The maximum atomic E-state index is 5.98. The van der Waals surface area contributed by atoms with Crippen LogP contribution in [0.4, 0.5) is 0 Å². The second-order valence-corrected chi connectivity index (χ2v) is 6.21. The second-order valence-electron chi connectivity index (χ2n) is 6.21. The van der Waals surface area contributed by atoms with Crippen molar-refractivity contribution in [3.63, 3.8) is 0 Å². The lowest BCUT2D eigenvalue weighted by atomic mass is 9.93. The van der Waals surface area contributed by atoms with Gasteiger partial charge in [-0.2, -0.15) is 0 Å². The molecule has 1 unspecified atom stereocenters. The molecule has 0 spiro atoms. The van der Waals surface area contributed by atoms with E-state index in [1.807, 2.05) is 7.05 Å².